The van der Waals surface area contributed by atoms with E-state index in [0.29, 0.717) is 37.6 Å². The summed E-state index contributed by atoms with van der Waals surface area (Å²) in [5, 5.41) is 6.51. The van der Waals surface area contributed by atoms with Crippen LogP contribution in [0.15, 0.2) is 48.5 Å². The van der Waals surface area contributed by atoms with Crippen molar-refractivity contribution in [3.8, 4) is 11.5 Å². The van der Waals surface area contributed by atoms with Crippen LogP contribution in [0.25, 0.3) is 0 Å². The van der Waals surface area contributed by atoms with Crippen LogP contribution in [0.2, 0.25) is 0 Å². The molecule has 2 N–H and O–H groups in total. The van der Waals surface area contributed by atoms with Gasteiger partial charge < -0.3 is 24.8 Å². The lowest BCUT2D eigenvalue weighted by Gasteiger charge is -2.25. The summed E-state index contributed by atoms with van der Waals surface area (Å²) in [6, 6.07) is 15.8. The van der Waals surface area contributed by atoms with Gasteiger partial charge in [-0.05, 0) is 29.7 Å². The van der Waals surface area contributed by atoms with E-state index in [-0.39, 0.29) is 30.4 Å². The van der Waals surface area contributed by atoms with E-state index in [1.54, 1.807) is 14.2 Å². The highest BCUT2D eigenvalue weighted by Crippen LogP contribution is 2.29. The average molecular weight is 421 g/mol. The second kappa shape index (κ2) is 11.7. The molecule has 1 aliphatic heterocycles. The van der Waals surface area contributed by atoms with Gasteiger partial charge in [0.15, 0.2) is 11.5 Å². The smallest absolute Gasteiger partial charge is 0.222 e. The lowest BCUT2D eigenvalue weighted by atomic mass is 9.98. The first-order valence-electron chi connectivity index (χ1n) is 9.56. The number of carbonyl (C=O) groups excluding carboxylic acids is 1. The Morgan fingerprint density at radius 3 is 2.59 bits per heavy atom. The van der Waals surface area contributed by atoms with Crippen molar-refractivity contribution in [3.63, 3.8) is 0 Å². The minimum absolute atomic E-state index is 0. The van der Waals surface area contributed by atoms with Crippen LogP contribution < -0.4 is 20.1 Å². The quantitative estimate of drug-likeness (QED) is 0.687. The highest BCUT2D eigenvalue weighted by atomic mass is 35.5. The Bertz CT molecular complexity index is 767. The predicted octanol–water partition coefficient (Wildman–Crippen LogP) is 2.90. The van der Waals surface area contributed by atoms with Crippen LogP contribution in [0.1, 0.15) is 23.6 Å². The third kappa shape index (κ3) is 6.63. The molecule has 2 aromatic rings. The van der Waals surface area contributed by atoms with Crippen molar-refractivity contribution in [1.29, 1.82) is 0 Å². The van der Waals surface area contributed by atoms with Crippen molar-refractivity contribution in [2.24, 2.45) is 0 Å². The van der Waals surface area contributed by atoms with Crippen LogP contribution >= 0.6 is 12.4 Å². The van der Waals surface area contributed by atoms with E-state index in [2.05, 4.69) is 10.6 Å². The van der Waals surface area contributed by atoms with Crippen molar-refractivity contribution in [3.05, 3.63) is 59.7 Å². The topological polar surface area (TPSA) is 68.8 Å². The monoisotopic (exact) mass is 420 g/mol. The summed E-state index contributed by atoms with van der Waals surface area (Å²) in [5.74, 6) is 1.38. The van der Waals surface area contributed by atoms with Crippen molar-refractivity contribution in [2.75, 3.05) is 34.0 Å². The fraction of sp³-hybridized carbons (Fsp3) is 0.409. The number of methoxy groups -OCH3 is 2. The molecule has 2 atom stereocenters. The lowest BCUT2D eigenvalue weighted by molar-refractivity contribution is -0.123. The van der Waals surface area contributed by atoms with Gasteiger partial charge in [0.05, 0.1) is 33.5 Å². The molecule has 0 radical (unpaired) electrons. The molecule has 0 spiro atoms. The van der Waals surface area contributed by atoms with Gasteiger partial charge in [-0.2, -0.15) is 0 Å². The normalized spacial score (nSPS) is 17.0. The van der Waals surface area contributed by atoms with Gasteiger partial charge in [-0.3, -0.25) is 4.79 Å². The van der Waals surface area contributed by atoms with Gasteiger partial charge in [-0.1, -0.05) is 36.4 Å². The highest BCUT2D eigenvalue weighted by Gasteiger charge is 2.21. The number of morpholine rings is 1. The Hall–Kier alpha value is -2.28. The minimum Gasteiger partial charge on any atom is -0.493 e. The van der Waals surface area contributed by atoms with Gasteiger partial charge in [0.1, 0.15) is 0 Å². The van der Waals surface area contributed by atoms with Crippen LogP contribution in [0, 0.1) is 0 Å². The van der Waals surface area contributed by atoms with E-state index in [0.717, 1.165) is 17.7 Å². The molecule has 0 saturated carbocycles. The van der Waals surface area contributed by atoms with Gasteiger partial charge in [-0.25, -0.2) is 0 Å². The second-order valence-electron chi connectivity index (χ2n) is 6.85. The molecule has 1 saturated heterocycles. The van der Waals surface area contributed by atoms with Crippen molar-refractivity contribution in [1.82, 2.24) is 10.6 Å². The standard InChI is InChI=1S/C22H28N2O4.ClH/c1-26-20-9-8-16(13-21(20)27-2)12-19(17-6-4-3-5-7-17)24-22(25)14-18-15-28-11-10-23-18;/h3-9,13,18-19,23H,10-12,14-15H2,1-2H3,(H,24,25);1H. The molecular formula is C22H29ClN2O4. The molecule has 1 aliphatic rings. The fourth-order valence-corrected chi connectivity index (χ4v) is 3.41. The summed E-state index contributed by atoms with van der Waals surface area (Å²) in [6.07, 6.45) is 1.06. The minimum atomic E-state index is -0.128. The molecule has 1 fully saturated rings. The van der Waals surface area contributed by atoms with Crippen LogP contribution in [-0.2, 0) is 16.0 Å². The summed E-state index contributed by atoms with van der Waals surface area (Å²) in [7, 11) is 3.24. The predicted molar refractivity (Wildman–Crippen MR) is 115 cm³/mol. The van der Waals surface area contributed by atoms with E-state index in [9.17, 15) is 4.79 Å². The van der Waals surface area contributed by atoms with Crippen LogP contribution in [0.3, 0.4) is 0 Å². The van der Waals surface area contributed by atoms with Gasteiger partial charge in [-0.15, -0.1) is 12.4 Å². The number of halogens is 1. The Morgan fingerprint density at radius 2 is 1.93 bits per heavy atom. The van der Waals surface area contributed by atoms with E-state index in [4.69, 9.17) is 14.2 Å². The number of rotatable bonds is 8. The SMILES string of the molecule is COc1ccc(CC(NC(=O)CC2COCCN2)c2ccccc2)cc1OC.Cl. The third-order valence-corrected chi connectivity index (χ3v) is 4.86. The van der Waals surface area contributed by atoms with Gasteiger partial charge in [0, 0.05) is 19.0 Å². The summed E-state index contributed by atoms with van der Waals surface area (Å²) in [6.45, 7) is 2.05. The molecule has 0 aliphatic carbocycles. The Kier molecular flexibility index (Phi) is 9.25. The number of amides is 1. The average Bonchev–Trinajstić information content (AvgIpc) is 2.74. The highest BCUT2D eigenvalue weighted by molar-refractivity contribution is 5.85. The number of benzene rings is 2. The van der Waals surface area contributed by atoms with Gasteiger partial charge in [0.25, 0.3) is 0 Å². The largest absolute Gasteiger partial charge is 0.493 e. The fourth-order valence-electron chi connectivity index (χ4n) is 3.41. The molecule has 6 nitrogen and oxygen atoms in total. The summed E-state index contributed by atoms with van der Waals surface area (Å²) in [4.78, 5) is 12.7. The van der Waals surface area contributed by atoms with E-state index >= 15 is 0 Å². The maximum Gasteiger partial charge on any atom is 0.222 e. The molecule has 1 amide bonds. The first-order chi connectivity index (χ1) is 13.7. The van der Waals surface area contributed by atoms with Crippen LogP contribution in [0.5, 0.6) is 11.5 Å². The summed E-state index contributed by atoms with van der Waals surface area (Å²) in [5.41, 5.74) is 2.13. The van der Waals surface area contributed by atoms with Gasteiger partial charge in [0.2, 0.25) is 5.91 Å². The molecule has 2 aromatic carbocycles. The number of carbonyl (C=O) groups is 1. The van der Waals surface area contributed by atoms with E-state index in [1.165, 1.54) is 0 Å². The van der Waals surface area contributed by atoms with Gasteiger partial charge >= 0.3 is 0 Å². The molecule has 2 unspecified atom stereocenters. The Labute approximate surface area is 178 Å². The Balaban J connectivity index is 0.00000300. The zero-order valence-corrected chi connectivity index (χ0v) is 17.7. The first kappa shape index (κ1) is 23.0. The lowest BCUT2D eigenvalue weighted by Crippen LogP contribution is -2.44. The molecule has 7 heteroatoms. The number of ether oxygens (including phenoxy) is 3. The summed E-state index contributed by atoms with van der Waals surface area (Å²) >= 11 is 0. The van der Waals surface area contributed by atoms with E-state index in [1.807, 2.05) is 48.5 Å². The maximum atomic E-state index is 12.7. The van der Waals surface area contributed by atoms with Crippen molar-refractivity contribution in [2.45, 2.75) is 24.9 Å². The zero-order chi connectivity index (χ0) is 19.8. The third-order valence-electron chi connectivity index (χ3n) is 4.86. The Morgan fingerprint density at radius 1 is 1.17 bits per heavy atom. The molecule has 1 heterocycles. The molecule has 0 bridgehead atoms. The first-order valence-corrected chi connectivity index (χ1v) is 9.56. The van der Waals surface area contributed by atoms with Crippen molar-refractivity contribution < 1.29 is 19.0 Å². The number of hydrogen-bond donors (Lipinski definition) is 2. The molecule has 158 valence electrons. The van der Waals surface area contributed by atoms with Crippen LogP contribution in [0.4, 0.5) is 0 Å². The number of nitrogens with one attached hydrogen (secondary N) is 2. The maximum absolute atomic E-state index is 12.7. The molecule has 3 rings (SSSR count). The molecule has 0 aromatic heterocycles. The molecular weight excluding hydrogens is 392 g/mol. The number of hydrogen-bond acceptors (Lipinski definition) is 5. The van der Waals surface area contributed by atoms with Crippen LogP contribution in [-0.4, -0.2) is 45.9 Å². The second-order valence-corrected chi connectivity index (χ2v) is 6.85. The van der Waals surface area contributed by atoms with Crippen molar-refractivity contribution >= 4 is 18.3 Å². The molecule has 29 heavy (non-hydrogen) atoms. The van der Waals surface area contributed by atoms with E-state index < -0.39 is 0 Å². The zero-order valence-electron chi connectivity index (χ0n) is 16.9. The summed E-state index contributed by atoms with van der Waals surface area (Å²) < 4.78 is 16.2.